The van der Waals surface area contributed by atoms with E-state index in [0.29, 0.717) is 5.56 Å². The summed E-state index contributed by atoms with van der Waals surface area (Å²) in [7, 11) is 0. The van der Waals surface area contributed by atoms with Crippen LogP contribution >= 0.6 is 0 Å². The second-order valence-electron chi connectivity index (χ2n) is 2.44. The average molecular weight is 177 g/mol. The van der Waals surface area contributed by atoms with Crippen LogP contribution in [0.15, 0.2) is 25.3 Å². The first-order valence-corrected chi connectivity index (χ1v) is 3.72. The highest BCUT2D eigenvalue weighted by Crippen LogP contribution is 2.33. The molecule has 0 saturated carbocycles. The lowest BCUT2D eigenvalue weighted by molar-refractivity contribution is 0.312. The van der Waals surface area contributed by atoms with E-state index in [9.17, 15) is 5.11 Å². The van der Waals surface area contributed by atoms with Crippen molar-refractivity contribution in [1.29, 1.82) is 0 Å². The Bertz CT molecular complexity index is 345. The molecule has 0 aromatic heterocycles. The highest BCUT2D eigenvalue weighted by Gasteiger charge is 2.09. The van der Waals surface area contributed by atoms with Crippen LogP contribution in [0, 0.1) is 0 Å². The van der Waals surface area contributed by atoms with Gasteiger partial charge in [0.2, 0.25) is 0 Å². The van der Waals surface area contributed by atoms with Gasteiger partial charge in [0, 0.05) is 5.56 Å². The molecule has 0 aliphatic heterocycles. The molecule has 3 N–H and O–H groups in total. The number of hydrogen-bond donors (Lipinski definition) is 2. The maximum atomic E-state index is 9.36. The van der Waals surface area contributed by atoms with Crippen LogP contribution in [-0.4, -0.2) is 5.11 Å². The van der Waals surface area contributed by atoms with E-state index in [1.54, 1.807) is 18.2 Å². The van der Waals surface area contributed by atoms with Crippen LogP contribution in [0.25, 0.3) is 12.2 Å². The largest absolute Gasteiger partial charge is 0.504 e. The number of nitrogens with two attached hydrogens (primary N) is 1. The summed E-state index contributed by atoms with van der Waals surface area (Å²) in [5, 5.41) is 9.36. The van der Waals surface area contributed by atoms with E-state index >= 15 is 0 Å². The standard InChI is InChI=1S/C10H11NO2/c1-3-7-5-6-9(12)10(13-11)8(7)4-2/h3-6,12H,1-2,11H2. The Morgan fingerprint density at radius 1 is 1.31 bits per heavy atom. The molecule has 3 nitrogen and oxygen atoms in total. The molecule has 3 heteroatoms. The van der Waals surface area contributed by atoms with Gasteiger partial charge in [0.1, 0.15) is 0 Å². The summed E-state index contributed by atoms with van der Waals surface area (Å²) in [4.78, 5) is 4.54. The molecular weight excluding hydrogens is 166 g/mol. The van der Waals surface area contributed by atoms with Gasteiger partial charge in [0.05, 0.1) is 0 Å². The zero-order valence-corrected chi connectivity index (χ0v) is 7.16. The zero-order valence-electron chi connectivity index (χ0n) is 7.16. The molecule has 0 spiro atoms. The first kappa shape index (κ1) is 9.35. The Morgan fingerprint density at radius 2 is 2.00 bits per heavy atom. The average Bonchev–Trinajstić information content (AvgIpc) is 2.17. The number of phenols is 1. The van der Waals surface area contributed by atoms with Crippen molar-refractivity contribution in [3.8, 4) is 11.5 Å². The van der Waals surface area contributed by atoms with Crippen LogP contribution in [-0.2, 0) is 0 Å². The third-order valence-corrected chi connectivity index (χ3v) is 1.75. The van der Waals surface area contributed by atoms with Crippen molar-refractivity contribution >= 4 is 12.2 Å². The molecule has 0 amide bonds. The van der Waals surface area contributed by atoms with E-state index in [1.807, 2.05) is 0 Å². The van der Waals surface area contributed by atoms with Gasteiger partial charge in [0.15, 0.2) is 11.5 Å². The second-order valence-corrected chi connectivity index (χ2v) is 2.44. The van der Waals surface area contributed by atoms with Crippen LogP contribution in [0.3, 0.4) is 0 Å². The SMILES string of the molecule is C=Cc1ccc(O)c(ON)c1C=C. The number of phenolic OH excluding ortho intramolecular Hbond substituents is 1. The predicted octanol–water partition coefficient (Wildman–Crippen LogP) is 1.93. The van der Waals surface area contributed by atoms with E-state index in [4.69, 9.17) is 5.90 Å². The van der Waals surface area contributed by atoms with Gasteiger partial charge in [-0.25, -0.2) is 0 Å². The molecule has 0 unspecified atom stereocenters. The van der Waals surface area contributed by atoms with Crippen molar-refractivity contribution in [3.63, 3.8) is 0 Å². The highest BCUT2D eigenvalue weighted by atomic mass is 16.6. The van der Waals surface area contributed by atoms with E-state index in [2.05, 4.69) is 18.0 Å². The minimum Gasteiger partial charge on any atom is -0.504 e. The van der Waals surface area contributed by atoms with Gasteiger partial charge >= 0.3 is 0 Å². The summed E-state index contributed by atoms with van der Waals surface area (Å²) in [6.07, 6.45) is 3.19. The molecule has 0 aliphatic carbocycles. The summed E-state index contributed by atoms with van der Waals surface area (Å²) in [6.45, 7) is 7.21. The van der Waals surface area contributed by atoms with Crippen molar-refractivity contribution in [2.45, 2.75) is 0 Å². The van der Waals surface area contributed by atoms with Crippen LogP contribution in [0.1, 0.15) is 11.1 Å². The first-order valence-electron chi connectivity index (χ1n) is 3.72. The monoisotopic (exact) mass is 177 g/mol. The lowest BCUT2D eigenvalue weighted by atomic mass is 10.1. The fourth-order valence-electron chi connectivity index (χ4n) is 1.12. The van der Waals surface area contributed by atoms with Crippen molar-refractivity contribution in [1.82, 2.24) is 0 Å². The topological polar surface area (TPSA) is 55.5 Å². The lowest BCUT2D eigenvalue weighted by Gasteiger charge is -2.08. The van der Waals surface area contributed by atoms with Crippen LogP contribution in [0.4, 0.5) is 0 Å². The second kappa shape index (κ2) is 3.78. The fraction of sp³-hybridized carbons (Fsp3) is 0. The molecule has 1 aromatic rings. The Balaban J connectivity index is 3.44. The van der Waals surface area contributed by atoms with Gasteiger partial charge in [-0.05, 0) is 11.6 Å². The summed E-state index contributed by atoms with van der Waals surface area (Å²) < 4.78 is 0. The third-order valence-electron chi connectivity index (χ3n) is 1.75. The van der Waals surface area contributed by atoms with Gasteiger partial charge in [-0.2, -0.15) is 5.90 Å². The molecule has 0 heterocycles. The van der Waals surface area contributed by atoms with Gasteiger partial charge < -0.3 is 9.94 Å². The van der Waals surface area contributed by atoms with Crippen LogP contribution < -0.4 is 10.7 Å². The molecule has 13 heavy (non-hydrogen) atoms. The summed E-state index contributed by atoms with van der Waals surface area (Å²) in [5.41, 5.74) is 1.45. The number of hydrogen-bond acceptors (Lipinski definition) is 3. The smallest absolute Gasteiger partial charge is 0.196 e. The van der Waals surface area contributed by atoms with E-state index < -0.39 is 0 Å². The molecule has 1 rings (SSSR count). The van der Waals surface area contributed by atoms with Crippen molar-refractivity contribution in [2.24, 2.45) is 5.90 Å². The molecular formula is C10H11NO2. The normalized spacial score (nSPS) is 9.31. The third kappa shape index (κ3) is 1.55. The predicted molar refractivity (Wildman–Crippen MR) is 53.1 cm³/mol. The number of aromatic hydroxyl groups is 1. The highest BCUT2D eigenvalue weighted by molar-refractivity contribution is 5.71. The lowest BCUT2D eigenvalue weighted by Crippen LogP contribution is -2.04. The minimum absolute atomic E-state index is 0.0111. The van der Waals surface area contributed by atoms with Crippen molar-refractivity contribution in [3.05, 3.63) is 36.4 Å². The van der Waals surface area contributed by atoms with Crippen LogP contribution in [0.5, 0.6) is 11.5 Å². The van der Waals surface area contributed by atoms with Crippen molar-refractivity contribution < 1.29 is 9.94 Å². The minimum atomic E-state index is -0.0111. The first-order chi connectivity index (χ1) is 6.24. The molecule has 0 bridgehead atoms. The maximum Gasteiger partial charge on any atom is 0.196 e. The quantitative estimate of drug-likeness (QED) is 0.693. The fourth-order valence-corrected chi connectivity index (χ4v) is 1.12. The van der Waals surface area contributed by atoms with Gasteiger partial charge in [-0.1, -0.05) is 31.4 Å². The number of rotatable bonds is 3. The molecule has 0 atom stereocenters. The van der Waals surface area contributed by atoms with Crippen molar-refractivity contribution in [2.75, 3.05) is 0 Å². The van der Waals surface area contributed by atoms with E-state index in [0.717, 1.165) is 5.56 Å². The molecule has 68 valence electrons. The summed E-state index contributed by atoms with van der Waals surface area (Å²) >= 11 is 0. The Kier molecular flexibility index (Phi) is 2.72. The maximum absolute atomic E-state index is 9.36. The van der Waals surface area contributed by atoms with Crippen LogP contribution in [0.2, 0.25) is 0 Å². The molecule has 0 saturated heterocycles. The summed E-state index contributed by atoms with van der Waals surface area (Å²) in [5.74, 6) is 5.21. The van der Waals surface area contributed by atoms with Gasteiger partial charge in [0.25, 0.3) is 0 Å². The van der Waals surface area contributed by atoms with Gasteiger partial charge in [-0.3, -0.25) is 0 Å². The number of benzene rings is 1. The molecule has 0 aliphatic rings. The van der Waals surface area contributed by atoms with E-state index in [1.165, 1.54) is 6.07 Å². The van der Waals surface area contributed by atoms with Gasteiger partial charge in [-0.15, -0.1) is 0 Å². The summed E-state index contributed by atoms with van der Waals surface area (Å²) in [6, 6.07) is 3.20. The molecule has 0 radical (unpaired) electrons. The Labute approximate surface area is 76.7 Å². The molecule has 1 aromatic carbocycles. The van der Waals surface area contributed by atoms with E-state index in [-0.39, 0.29) is 11.5 Å². The Hall–Kier alpha value is -1.74. The molecule has 0 fully saturated rings. The zero-order chi connectivity index (χ0) is 9.84. The Morgan fingerprint density at radius 3 is 2.46 bits per heavy atom.